The zero-order valence-corrected chi connectivity index (χ0v) is 20.7. The summed E-state index contributed by atoms with van der Waals surface area (Å²) in [6, 6.07) is 12.8. The molecule has 0 fully saturated rings. The number of methoxy groups -OCH3 is 1. The van der Waals surface area contributed by atoms with E-state index < -0.39 is 21.2 Å². The molecule has 0 spiro atoms. The predicted molar refractivity (Wildman–Crippen MR) is 132 cm³/mol. The minimum atomic E-state index is -0.722. The molecule has 9 nitrogen and oxygen atoms in total. The average molecular weight is 614 g/mol. The zero-order valence-electron chi connectivity index (χ0n) is 16.9. The Labute approximate surface area is 205 Å². The number of anilines is 1. The van der Waals surface area contributed by atoms with Gasteiger partial charge in [-0.2, -0.15) is 0 Å². The Morgan fingerprint density at radius 1 is 1.03 bits per heavy atom. The fourth-order valence-corrected chi connectivity index (χ4v) is 4.21. The molecule has 3 aromatic rings. The number of halogens is 2. The summed E-state index contributed by atoms with van der Waals surface area (Å²) in [6.07, 6.45) is 0. The van der Waals surface area contributed by atoms with Gasteiger partial charge in [0.15, 0.2) is 11.5 Å². The lowest BCUT2D eigenvalue weighted by Crippen LogP contribution is -2.03. The fourth-order valence-electron chi connectivity index (χ4n) is 2.96. The van der Waals surface area contributed by atoms with Gasteiger partial charge in [-0.1, -0.05) is 15.9 Å². The Kier molecular flexibility index (Phi) is 7.51. The number of ether oxygens (including phenoxy) is 2. The molecule has 11 heteroatoms. The van der Waals surface area contributed by atoms with Gasteiger partial charge in [0.25, 0.3) is 5.69 Å². The van der Waals surface area contributed by atoms with Crippen LogP contribution in [-0.4, -0.2) is 17.0 Å². The van der Waals surface area contributed by atoms with Crippen molar-refractivity contribution >= 4 is 55.6 Å². The summed E-state index contributed by atoms with van der Waals surface area (Å²) in [5.74, 6) is 0.552. The van der Waals surface area contributed by atoms with Gasteiger partial charge >= 0.3 is 5.69 Å². The van der Waals surface area contributed by atoms with Crippen LogP contribution in [0.2, 0.25) is 0 Å². The summed E-state index contributed by atoms with van der Waals surface area (Å²) in [5, 5.41) is 25.7. The molecule has 32 heavy (non-hydrogen) atoms. The van der Waals surface area contributed by atoms with Gasteiger partial charge in [0.1, 0.15) is 0 Å². The number of benzene rings is 3. The molecular formula is C21H17BrIN3O6. The highest BCUT2D eigenvalue weighted by Crippen LogP contribution is 2.41. The summed E-state index contributed by atoms with van der Waals surface area (Å²) >= 11 is 5.50. The van der Waals surface area contributed by atoms with E-state index in [-0.39, 0.29) is 11.5 Å². The minimum Gasteiger partial charge on any atom is -0.493 e. The third kappa shape index (κ3) is 5.46. The highest BCUT2D eigenvalue weighted by Gasteiger charge is 2.23. The number of rotatable bonds is 8. The van der Waals surface area contributed by atoms with Crippen LogP contribution in [0.3, 0.4) is 0 Å². The molecule has 0 saturated heterocycles. The van der Waals surface area contributed by atoms with Crippen molar-refractivity contribution in [2.75, 3.05) is 12.4 Å². The molecule has 0 saturated carbocycles. The van der Waals surface area contributed by atoms with E-state index in [0.29, 0.717) is 15.9 Å². The van der Waals surface area contributed by atoms with Crippen LogP contribution in [0.1, 0.15) is 11.1 Å². The SMILES string of the molecule is COc1cc(CNc2ccc(Br)cc2C)cc(I)c1Oc1ccc([N+](=O)[O-])cc1[N+](=O)[O-]. The summed E-state index contributed by atoms with van der Waals surface area (Å²) in [4.78, 5) is 20.9. The molecule has 1 N–H and O–H groups in total. The first-order chi connectivity index (χ1) is 15.2. The maximum atomic E-state index is 11.4. The first-order valence-electron chi connectivity index (χ1n) is 9.16. The molecule has 0 amide bonds. The van der Waals surface area contributed by atoms with E-state index in [2.05, 4.69) is 43.8 Å². The van der Waals surface area contributed by atoms with E-state index in [0.717, 1.165) is 33.4 Å². The number of nitrogens with one attached hydrogen (secondary N) is 1. The quantitative estimate of drug-likeness (QED) is 0.173. The first kappa shape index (κ1) is 23.7. The predicted octanol–water partition coefficient (Wildman–Crippen LogP) is 6.59. The van der Waals surface area contributed by atoms with Gasteiger partial charge in [0, 0.05) is 22.8 Å². The molecule has 0 unspecified atom stereocenters. The van der Waals surface area contributed by atoms with Gasteiger partial charge in [-0.05, 0) is 77.0 Å². The van der Waals surface area contributed by atoms with Crippen molar-refractivity contribution in [2.24, 2.45) is 0 Å². The standard InChI is InChI=1S/C21H17BrIN3O6/c1-12-7-14(22)3-5-17(12)24-11-13-8-16(23)21(20(9-13)31-2)32-19-6-4-15(25(27)28)10-18(19)26(29)30/h3-10,24H,11H2,1-2H3. The summed E-state index contributed by atoms with van der Waals surface area (Å²) in [7, 11) is 1.47. The number of hydrogen-bond donors (Lipinski definition) is 1. The molecule has 166 valence electrons. The number of nitro benzene ring substituents is 2. The van der Waals surface area contributed by atoms with Crippen molar-refractivity contribution in [3.63, 3.8) is 0 Å². The van der Waals surface area contributed by atoms with Crippen molar-refractivity contribution in [1.82, 2.24) is 0 Å². The molecule has 0 aromatic heterocycles. The van der Waals surface area contributed by atoms with Crippen molar-refractivity contribution in [1.29, 1.82) is 0 Å². The van der Waals surface area contributed by atoms with Crippen molar-refractivity contribution in [3.05, 3.63) is 87.9 Å². The second-order valence-corrected chi connectivity index (χ2v) is 8.77. The van der Waals surface area contributed by atoms with Crippen molar-refractivity contribution < 1.29 is 19.3 Å². The fraction of sp³-hybridized carbons (Fsp3) is 0.143. The van der Waals surface area contributed by atoms with Crippen LogP contribution in [-0.2, 0) is 6.54 Å². The maximum absolute atomic E-state index is 11.4. The van der Waals surface area contributed by atoms with Crippen LogP contribution >= 0.6 is 38.5 Å². The maximum Gasteiger partial charge on any atom is 0.318 e. The summed E-state index contributed by atoms with van der Waals surface area (Å²) in [6.45, 7) is 2.53. The average Bonchev–Trinajstić information content (AvgIpc) is 2.74. The smallest absolute Gasteiger partial charge is 0.318 e. The van der Waals surface area contributed by atoms with E-state index in [1.807, 2.05) is 31.2 Å². The van der Waals surface area contributed by atoms with Gasteiger partial charge in [-0.3, -0.25) is 20.2 Å². The third-order valence-corrected chi connectivity index (χ3v) is 5.82. The highest BCUT2D eigenvalue weighted by molar-refractivity contribution is 14.1. The van der Waals surface area contributed by atoms with E-state index in [1.165, 1.54) is 13.2 Å². The molecule has 0 radical (unpaired) electrons. The van der Waals surface area contributed by atoms with Crippen LogP contribution < -0.4 is 14.8 Å². The van der Waals surface area contributed by atoms with Gasteiger partial charge in [-0.25, -0.2) is 0 Å². The van der Waals surface area contributed by atoms with E-state index >= 15 is 0 Å². The van der Waals surface area contributed by atoms with Crippen LogP contribution in [0, 0.1) is 30.7 Å². The first-order valence-corrected chi connectivity index (χ1v) is 11.0. The second-order valence-electron chi connectivity index (χ2n) is 6.69. The largest absolute Gasteiger partial charge is 0.493 e. The third-order valence-electron chi connectivity index (χ3n) is 4.52. The summed E-state index contributed by atoms with van der Waals surface area (Å²) < 4.78 is 12.9. The minimum absolute atomic E-state index is 0.117. The van der Waals surface area contributed by atoms with Crippen LogP contribution in [0.15, 0.2) is 53.0 Å². The van der Waals surface area contributed by atoms with Gasteiger partial charge in [0.05, 0.1) is 26.6 Å². The van der Waals surface area contributed by atoms with Crippen molar-refractivity contribution in [2.45, 2.75) is 13.5 Å². The van der Waals surface area contributed by atoms with Crippen LogP contribution in [0.5, 0.6) is 17.2 Å². The molecule has 0 aliphatic rings. The number of nitrogens with zero attached hydrogens (tertiary/aromatic N) is 2. The Balaban J connectivity index is 1.89. The topological polar surface area (TPSA) is 117 Å². The molecule has 3 rings (SSSR count). The lowest BCUT2D eigenvalue weighted by atomic mass is 10.1. The molecule has 0 bridgehead atoms. The van der Waals surface area contributed by atoms with Gasteiger partial charge in [-0.15, -0.1) is 0 Å². The lowest BCUT2D eigenvalue weighted by Gasteiger charge is -2.15. The Bertz CT molecular complexity index is 1200. The van der Waals surface area contributed by atoms with Crippen molar-refractivity contribution in [3.8, 4) is 17.2 Å². The second kappa shape index (κ2) is 10.1. The lowest BCUT2D eigenvalue weighted by molar-refractivity contribution is -0.394. The van der Waals surface area contributed by atoms with Gasteiger partial charge < -0.3 is 14.8 Å². The Morgan fingerprint density at radius 2 is 1.78 bits per heavy atom. The molecule has 0 heterocycles. The zero-order chi connectivity index (χ0) is 23.4. The number of non-ortho nitro benzene ring substituents is 1. The number of hydrogen-bond acceptors (Lipinski definition) is 7. The molecular weight excluding hydrogens is 597 g/mol. The van der Waals surface area contributed by atoms with E-state index in [1.54, 1.807) is 6.07 Å². The Morgan fingerprint density at radius 3 is 2.41 bits per heavy atom. The molecule has 3 aromatic carbocycles. The van der Waals surface area contributed by atoms with E-state index in [4.69, 9.17) is 9.47 Å². The Hall–Kier alpha value is -2.93. The highest BCUT2D eigenvalue weighted by atomic mass is 127. The molecule has 0 atom stereocenters. The van der Waals surface area contributed by atoms with Crippen LogP contribution in [0.4, 0.5) is 17.1 Å². The van der Waals surface area contributed by atoms with E-state index in [9.17, 15) is 20.2 Å². The number of aryl methyl sites for hydroxylation is 1. The van der Waals surface area contributed by atoms with Gasteiger partial charge in [0.2, 0.25) is 5.75 Å². The monoisotopic (exact) mass is 613 g/mol. The van der Waals surface area contributed by atoms with Crippen LogP contribution in [0.25, 0.3) is 0 Å². The molecule has 0 aliphatic carbocycles. The normalized spacial score (nSPS) is 10.5. The summed E-state index contributed by atoms with van der Waals surface area (Å²) in [5.41, 5.74) is 2.10. The number of nitro groups is 2. The molecule has 0 aliphatic heterocycles.